The number of hydrogen-bond donors (Lipinski definition) is 1. The third-order valence-electron chi connectivity index (χ3n) is 4.01. The Balaban J connectivity index is 2.04. The van der Waals surface area contributed by atoms with Gasteiger partial charge >= 0.3 is 0 Å². The van der Waals surface area contributed by atoms with Crippen molar-refractivity contribution in [1.82, 2.24) is 0 Å². The lowest BCUT2D eigenvalue weighted by Crippen LogP contribution is -2.40. The van der Waals surface area contributed by atoms with Gasteiger partial charge in [0.1, 0.15) is 0 Å². The summed E-state index contributed by atoms with van der Waals surface area (Å²) in [6.45, 7) is 4.48. The summed E-state index contributed by atoms with van der Waals surface area (Å²) in [5.41, 5.74) is 7.97. The highest BCUT2D eigenvalue weighted by molar-refractivity contribution is 7.10. The predicted molar refractivity (Wildman–Crippen MR) is 71.8 cm³/mol. The number of thiophene rings is 1. The first-order chi connectivity index (χ1) is 7.65. The van der Waals surface area contributed by atoms with Crippen molar-refractivity contribution in [1.29, 1.82) is 0 Å². The van der Waals surface area contributed by atoms with E-state index in [1.54, 1.807) is 0 Å². The van der Waals surface area contributed by atoms with E-state index in [4.69, 9.17) is 5.73 Å². The van der Waals surface area contributed by atoms with Crippen molar-refractivity contribution in [3.8, 4) is 0 Å². The van der Waals surface area contributed by atoms with E-state index in [9.17, 15) is 0 Å². The van der Waals surface area contributed by atoms with E-state index in [0.717, 1.165) is 5.92 Å². The van der Waals surface area contributed by atoms with Crippen LogP contribution in [-0.2, 0) is 5.54 Å². The maximum atomic E-state index is 6.59. The molecule has 1 fully saturated rings. The van der Waals surface area contributed by atoms with Gasteiger partial charge in [0.15, 0.2) is 0 Å². The lowest BCUT2D eigenvalue weighted by molar-refractivity contribution is 0.229. The van der Waals surface area contributed by atoms with Gasteiger partial charge in [-0.1, -0.05) is 19.8 Å². The molecule has 0 aromatic carbocycles. The van der Waals surface area contributed by atoms with Crippen LogP contribution in [0.1, 0.15) is 55.9 Å². The maximum Gasteiger partial charge on any atom is 0.0506 e. The molecule has 0 unspecified atom stereocenters. The lowest BCUT2D eigenvalue weighted by atomic mass is 9.74. The van der Waals surface area contributed by atoms with Gasteiger partial charge in [-0.2, -0.15) is 0 Å². The molecule has 2 N–H and O–H groups in total. The first kappa shape index (κ1) is 12.1. The van der Waals surface area contributed by atoms with Gasteiger partial charge in [-0.15, -0.1) is 11.3 Å². The second-order valence-corrected chi connectivity index (χ2v) is 6.24. The van der Waals surface area contributed by atoms with Gasteiger partial charge in [-0.05, 0) is 55.5 Å². The molecule has 0 amide bonds. The summed E-state index contributed by atoms with van der Waals surface area (Å²) in [6.07, 6.45) is 7.71. The SMILES string of the molecule is CCCC1CCC(N)(c2sccc2C)CC1. The summed E-state index contributed by atoms with van der Waals surface area (Å²) in [4.78, 5) is 1.43. The van der Waals surface area contributed by atoms with Gasteiger partial charge in [-0.3, -0.25) is 0 Å². The Labute approximate surface area is 103 Å². The van der Waals surface area contributed by atoms with E-state index >= 15 is 0 Å². The number of aryl methyl sites for hydroxylation is 1. The Morgan fingerprint density at radius 3 is 2.62 bits per heavy atom. The van der Waals surface area contributed by atoms with Crippen molar-refractivity contribution in [3.05, 3.63) is 21.9 Å². The molecule has 0 atom stereocenters. The fourth-order valence-corrected chi connectivity index (χ4v) is 4.10. The Bertz CT molecular complexity index is 334. The molecule has 0 bridgehead atoms. The molecule has 2 heteroatoms. The van der Waals surface area contributed by atoms with Crippen molar-refractivity contribution in [2.24, 2.45) is 11.7 Å². The lowest BCUT2D eigenvalue weighted by Gasteiger charge is -2.37. The van der Waals surface area contributed by atoms with E-state index < -0.39 is 0 Å². The zero-order valence-electron chi connectivity index (χ0n) is 10.5. The number of nitrogens with two attached hydrogens (primary N) is 1. The Morgan fingerprint density at radius 1 is 1.44 bits per heavy atom. The monoisotopic (exact) mass is 237 g/mol. The fraction of sp³-hybridized carbons (Fsp3) is 0.714. The summed E-state index contributed by atoms with van der Waals surface area (Å²) < 4.78 is 0. The minimum absolute atomic E-state index is 0.0114. The highest BCUT2D eigenvalue weighted by Crippen LogP contribution is 2.41. The number of hydrogen-bond acceptors (Lipinski definition) is 2. The first-order valence-electron chi connectivity index (χ1n) is 6.49. The van der Waals surface area contributed by atoms with Gasteiger partial charge in [0.2, 0.25) is 0 Å². The van der Waals surface area contributed by atoms with Crippen molar-refractivity contribution in [2.75, 3.05) is 0 Å². The van der Waals surface area contributed by atoms with Crippen LogP contribution in [0.3, 0.4) is 0 Å². The summed E-state index contributed by atoms with van der Waals surface area (Å²) in [5.74, 6) is 0.932. The van der Waals surface area contributed by atoms with Crippen molar-refractivity contribution < 1.29 is 0 Å². The van der Waals surface area contributed by atoms with E-state index in [-0.39, 0.29) is 5.54 Å². The minimum atomic E-state index is -0.0114. The average molecular weight is 237 g/mol. The second-order valence-electron chi connectivity index (χ2n) is 5.32. The van der Waals surface area contributed by atoms with Crippen LogP contribution in [0.4, 0.5) is 0 Å². The Hall–Kier alpha value is -0.340. The van der Waals surface area contributed by atoms with Crippen LogP contribution in [0.25, 0.3) is 0 Å². The molecule has 0 spiro atoms. The van der Waals surface area contributed by atoms with Gasteiger partial charge in [-0.25, -0.2) is 0 Å². The highest BCUT2D eigenvalue weighted by atomic mass is 32.1. The summed E-state index contributed by atoms with van der Waals surface area (Å²) in [6, 6.07) is 2.20. The smallest absolute Gasteiger partial charge is 0.0506 e. The zero-order chi connectivity index (χ0) is 11.6. The standard InChI is InChI=1S/C14H23NS/c1-3-4-12-5-8-14(15,9-6-12)13-11(2)7-10-16-13/h7,10,12H,3-6,8-9,15H2,1-2H3. The molecule has 90 valence electrons. The number of rotatable bonds is 3. The third kappa shape index (κ3) is 2.33. The molecule has 0 aliphatic heterocycles. The van der Waals surface area contributed by atoms with E-state index in [0.29, 0.717) is 0 Å². The van der Waals surface area contributed by atoms with Crippen LogP contribution in [0.15, 0.2) is 11.4 Å². The van der Waals surface area contributed by atoms with E-state index in [1.807, 2.05) is 11.3 Å². The molecule has 1 aliphatic carbocycles. The maximum absolute atomic E-state index is 6.59. The minimum Gasteiger partial charge on any atom is -0.321 e. The third-order valence-corrected chi connectivity index (χ3v) is 5.24. The Kier molecular flexibility index (Phi) is 3.70. The first-order valence-corrected chi connectivity index (χ1v) is 7.37. The molecule has 0 saturated heterocycles. The van der Waals surface area contributed by atoms with Crippen molar-refractivity contribution in [2.45, 2.75) is 57.9 Å². The molecule has 1 saturated carbocycles. The van der Waals surface area contributed by atoms with Gasteiger partial charge < -0.3 is 5.73 Å². The molecule has 1 nitrogen and oxygen atoms in total. The van der Waals surface area contributed by atoms with Crippen molar-refractivity contribution in [3.63, 3.8) is 0 Å². The average Bonchev–Trinajstić information content (AvgIpc) is 2.69. The molecular formula is C14H23NS. The van der Waals surface area contributed by atoms with Crippen LogP contribution in [0, 0.1) is 12.8 Å². The normalized spacial score (nSPS) is 30.6. The summed E-state index contributed by atoms with van der Waals surface area (Å²) in [5, 5.41) is 2.18. The van der Waals surface area contributed by atoms with Crippen LogP contribution >= 0.6 is 11.3 Å². The molecule has 1 aromatic heterocycles. The molecule has 1 aromatic rings. The highest BCUT2D eigenvalue weighted by Gasteiger charge is 2.34. The van der Waals surface area contributed by atoms with Crippen LogP contribution < -0.4 is 5.73 Å². The topological polar surface area (TPSA) is 26.0 Å². The molecular weight excluding hydrogens is 214 g/mol. The molecule has 0 radical (unpaired) electrons. The predicted octanol–water partition coefficient (Wildman–Crippen LogP) is 4.20. The second kappa shape index (κ2) is 4.89. The van der Waals surface area contributed by atoms with Crippen LogP contribution in [0.5, 0.6) is 0 Å². The Morgan fingerprint density at radius 2 is 2.12 bits per heavy atom. The van der Waals surface area contributed by atoms with Crippen LogP contribution in [-0.4, -0.2) is 0 Å². The molecule has 2 rings (SSSR count). The van der Waals surface area contributed by atoms with Gasteiger partial charge in [0.25, 0.3) is 0 Å². The van der Waals surface area contributed by atoms with Crippen molar-refractivity contribution >= 4 is 11.3 Å². The zero-order valence-corrected chi connectivity index (χ0v) is 11.3. The molecule has 1 heterocycles. The van der Waals surface area contributed by atoms with E-state index in [1.165, 1.54) is 49.0 Å². The largest absolute Gasteiger partial charge is 0.321 e. The van der Waals surface area contributed by atoms with E-state index in [2.05, 4.69) is 25.3 Å². The quantitative estimate of drug-likeness (QED) is 0.837. The summed E-state index contributed by atoms with van der Waals surface area (Å²) >= 11 is 1.84. The summed E-state index contributed by atoms with van der Waals surface area (Å²) in [7, 11) is 0. The van der Waals surface area contributed by atoms with Gasteiger partial charge in [0.05, 0.1) is 5.54 Å². The van der Waals surface area contributed by atoms with Gasteiger partial charge in [0, 0.05) is 4.88 Å². The fourth-order valence-electron chi connectivity index (χ4n) is 3.00. The molecule has 16 heavy (non-hydrogen) atoms. The molecule has 1 aliphatic rings. The van der Waals surface area contributed by atoms with Crippen LogP contribution in [0.2, 0.25) is 0 Å².